The third-order valence-electron chi connectivity index (χ3n) is 4.27. The number of aliphatic hydroxyl groups excluding tert-OH is 1. The Labute approximate surface area is 116 Å². The van der Waals surface area contributed by atoms with Gasteiger partial charge in [-0.3, -0.25) is 0 Å². The van der Waals surface area contributed by atoms with Gasteiger partial charge in [0.05, 0.1) is 13.7 Å². The minimum Gasteiger partial charge on any atom is -0.496 e. The molecule has 2 N–H and O–H groups in total. The Balaban J connectivity index is 2.06. The third-order valence-corrected chi connectivity index (χ3v) is 4.27. The Morgan fingerprint density at radius 3 is 2.58 bits per heavy atom. The summed E-state index contributed by atoms with van der Waals surface area (Å²) < 4.78 is 5.39. The van der Waals surface area contributed by atoms with Crippen molar-refractivity contribution in [3.8, 4) is 5.75 Å². The first-order chi connectivity index (χ1) is 9.10. The van der Waals surface area contributed by atoms with Crippen LogP contribution in [0, 0.1) is 5.41 Å². The van der Waals surface area contributed by atoms with Crippen LogP contribution in [0.4, 0.5) is 5.69 Å². The van der Waals surface area contributed by atoms with Gasteiger partial charge in [0, 0.05) is 17.6 Å². The van der Waals surface area contributed by atoms with E-state index in [2.05, 4.69) is 31.3 Å². The van der Waals surface area contributed by atoms with Gasteiger partial charge in [0.1, 0.15) is 5.75 Å². The molecule has 0 saturated heterocycles. The molecule has 0 amide bonds. The second kappa shape index (κ2) is 5.83. The highest BCUT2D eigenvalue weighted by Gasteiger charge is 2.35. The molecule has 1 aliphatic rings. The fraction of sp³-hybridized carbons (Fsp3) is 0.625. The number of nitrogens with one attached hydrogen (secondary N) is 1. The summed E-state index contributed by atoms with van der Waals surface area (Å²) in [6.45, 7) is 5.48. The van der Waals surface area contributed by atoms with Crippen molar-refractivity contribution >= 4 is 5.69 Å². The van der Waals surface area contributed by atoms with E-state index in [0.717, 1.165) is 30.8 Å². The Kier molecular flexibility index (Phi) is 4.35. The molecule has 2 rings (SSSR count). The number of rotatable bonds is 6. The van der Waals surface area contributed by atoms with Crippen LogP contribution in [0.5, 0.6) is 5.75 Å². The summed E-state index contributed by atoms with van der Waals surface area (Å²) in [4.78, 5) is 0. The van der Waals surface area contributed by atoms with E-state index in [9.17, 15) is 5.11 Å². The van der Waals surface area contributed by atoms with E-state index in [4.69, 9.17) is 4.74 Å². The van der Waals surface area contributed by atoms with Crippen molar-refractivity contribution in [3.63, 3.8) is 0 Å². The molecular weight excluding hydrogens is 238 g/mol. The van der Waals surface area contributed by atoms with Crippen LogP contribution < -0.4 is 10.1 Å². The Hall–Kier alpha value is -1.22. The van der Waals surface area contributed by atoms with E-state index in [0.29, 0.717) is 5.92 Å². The quantitative estimate of drug-likeness (QED) is 0.826. The van der Waals surface area contributed by atoms with Gasteiger partial charge in [0.2, 0.25) is 0 Å². The van der Waals surface area contributed by atoms with Crippen LogP contribution in [-0.2, 0) is 0 Å². The maximum atomic E-state index is 9.48. The molecule has 0 heterocycles. The average Bonchev–Trinajstić information content (AvgIpc) is 2.37. The third kappa shape index (κ3) is 3.03. The van der Waals surface area contributed by atoms with Crippen LogP contribution in [0.15, 0.2) is 18.2 Å². The maximum absolute atomic E-state index is 9.48. The molecule has 0 spiro atoms. The molecule has 0 aromatic heterocycles. The first-order valence-corrected chi connectivity index (χ1v) is 7.13. The Bertz CT molecular complexity index is 419. The summed E-state index contributed by atoms with van der Waals surface area (Å²) in [6, 6.07) is 6.23. The topological polar surface area (TPSA) is 41.5 Å². The van der Waals surface area contributed by atoms with Gasteiger partial charge >= 0.3 is 0 Å². The first kappa shape index (κ1) is 14.2. The smallest absolute Gasteiger partial charge is 0.122 e. The molecule has 0 atom stereocenters. The van der Waals surface area contributed by atoms with E-state index in [1.807, 2.05) is 6.07 Å². The van der Waals surface area contributed by atoms with Gasteiger partial charge in [-0.15, -0.1) is 0 Å². The van der Waals surface area contributed by atoms with Crippen molar-refractivity contribution in [2.45, 2.75) is 39.0 Å². The number of ether oxygens (including phenoxy) is 1. The molecule has 1 fully saturated rings. The summed E-state index contributed by atoms with van der Waals surface area (Å²) >= 11 is 0. The standard InChI is InChI=1S/C16H25NO2/c1-12(2)14-9-13(5-6-15(14)19-3)17-10-16(11-18)7-4-8-16/h5-6,9,12,17-18H,4,7-8,10-11H2,1-3H3. The summed E-state index contributed by atoms with van der Waals surface area (Å²) in [5.74, 6) is 1.38. The normalized spacial score (nSPS) is 17.1. The molecule has 1 aromatic carbocycles. The van der Waals surface area contributed by atoms with Gasteiger partial charge in [-0.25, -0.2) is 0 Å². The van der Waals surface area contributed by atoms with Crippen molar-refractivity contribution in [3.05, 3.63) is 23.8 Å². The van der Waals surface area contributed by atoms with E-state index >= 15 is 0 Å². The monoisotopic (exact) mass is 263 g/mol. The van der Waals surface area contributed by atoms with Crippen LogP contribution in [0.2, 0.25) is 0 Å². The Morgan fingerprint density at radius 1 is 1.37 bits per heavy atom. The SMILES string of the molecule is COc1ccc(NCC2(CO)CCC2)cc1C(C)C. The molecular formula is C16H25NO2. The molecule has 0 radical (unpaired) electrons. The lowest BCUT2D eigenvalue weighted by atomic mass is 9.69. The molecule has 0 bridgehead atoms. The van der Waals surface area contributed by atoms with Crippen molar-refractivity contribution in [2.75, 3.05) is 25.6 Å². The fourth-order valence-corrected chi connectivity index (χ4v) is 2.65. The molecule has 106 valence electrons. The zero-order valence-corrected chi connectivity index (χ0v) is 12.2. The predicted octanol–water partition coefficient (Wildman–Crippen LogP) is 3.39. The minimum atomic E-state index is 0.109. The highest BCUT2D eigenvalue weighted by atomic mass is 16.5. The molecule has 19 heavy (non-hydrogen) atoms. The van der Waals surface area contributed by atoms with E-state index in [-0.39, 0.29) is 12.0 Å². The molecule has 1 aliphatic carbocycles. The van der Waals surface area contributed by atoms with E-state index < -0.39 is 0 Å². The number of hydrogen-bond acceptors (Lipinski definition) is 3. The zero-order chi connectivity index (χ0) is 13.9. The van der Waals surface area contributed by atoms with Crippen LogP contribution >= 0.6 is 0 Å². The summed E-state index contributed by atoms with van der Waals surface area (Å²) in [5, 5.41) is 12.9. The number of hydrogen-bond donors (Lipinski definition) is 2. The second-order valence-corrected chi connectivity index (χ2v) is 5.98. The summed E-state index contributed by atoms with van der Waals surface area (Å²) in [5.41, 5.74) is 2.45. The van der Waals surface area contributed by atoms with Gasteiger partial charge in [0.25, 0.3) is 0 Å². The van der Waals surface area contributed by atoms with Crippen molar-refractivity contribution in [1.82, 2.24) is 0 Å². The van der Waals surface area contributed by atoms with Crippen molar-refractivity contribution in [2.24, 2.45) is 5.41 Å². The minimum absolute atomic E-state index is 0.109. The average molecular weight is 263 g/mol. The summed E-state index contributed by atoms with van der Waals surface area (Å²) in [6.07, 6.45) is 3.50. The van der Waals surface area contributed by atoms with Crippen LogP contribution in [0.1, 0.15) is 44.6 Å². The first-order valence-electron chi connectivity index (χ1n) is 7.13. The molecule has 0 unspecified atom stereocenters. The lowest BCUT2D eigenvalue weighted by Crippen LogP contribution is -2.39. The Morgan fingerprint density at radius 2 is 2.11 bits per heavy atom. The predicted molar refractivity (Wildman–Crippen MR) is 78.9 cm³/mol. The second-order valence-electron chi connectivity index (χ2n) is 5.98. The van der Waals surface area contributed by atoms with Gasteiger partial charge < -0.3 is 15.2 Å². The van der Waals surface area contributed by atoms with Gasteiger partial charge in [-0.05, 0) is 42.5 Å². The van der Waals surface area contributed by atoms with Crippen molar-refractivity contribution < 1.29 is 9.84 Å². The fourth-order valence-electron chi connectivity index (χ4n) is 2.65. The van der Waals surface area contributed by atoms with Gasteiger partial charge in [0.15, 0.2) is 0 Å². The molecule has 3 heteroatoms. The molecule has 1 aromatic rings. The zero-order valence-electron chi connectivity index (χ0n) is 12.2. The molecule has 1 saturated carbocycles. The lowest BCUT2D eigenvalue weighted by molar-refractivity contribution is 0.0576. The van der Waals surface area contributed by atoms with Crippen LogP contribution in [0.25, 0.3) is 0 Å². The number of aliphatic hydroxyl groups is 1. The van der Waals surface area contributed by atoms with Crippen LogP contribution in [0.3, 0.4) is 0 Å². The molecule has 0 aliphatic heterocycles. The number of benzene rings is 1. The van der Waals surface area contributed by atoms with Crippen molar-refractivity contribution in [1.29, 1.82) is 0 Å². The van der Waals surface area contributed by atoms with Gasteiger partial charge in [-0.1, -0.05) is 20.3 Å². The van der Waals surface area contributed by atoms with Crippen LogP contribution in [-0.4, -0.2) is 25.4 Å². The van der Waals surface area contributed by atoms with Gasteiger partial charge in [-0.2, -0.15) is 0 Å². The summed E-state index contributed by atoms with van der Waals surface area (Å²) in [7, 11) is 1.71. The number of methoxy groups -OCH3 is 1. The molecule has 3 nitrogen and oxygen atoms in total. The van der Waals surface area contributed by atoms with E-state index in [1.54, 1.807) is 7.11 Å². The highest BCUT2D eigenvalue weighted by Crippen LogP contribution is 2.40. The largest absolute Gasteiger partial charge is 0.496 e. The van der Waals surface area contributed by atoms with E-state index in [1.165, 1.54) is 12.0 Å². The highest BCUT2D eigenvalue weighted by molar-refractivity contribution is 5.52. The maximum Gasteiger partial charge on any atom is 0.122 e. The lowest BCUT2D eigenvalue weighted by Gasteiger charge is -2.40. The number of anilines is 1.